The van der Waals surface area contributed by atoms with Gasteiger partial charge in [0, 0.05) is 0 Å². The summed E-state index contributed by atoms with van der Waals surface area (Å²) in [5, 5.41) is 0. The number of benzene rings is 3. The second kappa shape index (κ2) is 11.4. The Labute approximate surface area is 222 Å². The monoisotopic (exact) mass is 571 g/mol. The van der Waals surface area contributed by atoms with E-state index in [1.54, 1.807) is 17.0 Å². The van der Waals surface area contributed by atoms with E-state index in [1.807, 2.05) is 56.3 Å². The fourth-order valence-corrected chi connectivity index (χ4v) is 5.30. The van der Waals surface area contributed by atoms with Gasteiger partial charge in [0.05, 0.1) is 22.5 Å². The van der Waals surface area contributed by atoms with Gasteiger partial charge in [-0.3, -0.25) is 9.69 Å². The van der Waals surface area contributed by atoms with Gasteiger partial charge in [-0.2, -0.15) is 0 Å². The molecule has 0 atom stereocenters. The molecule has 0 bridgehead atoms. The molecular weight excluding hydrogens is 549 g/mol. The van der Waals surface area contributed by atoms with Gasteiger partial charge >= 0.3 is 0 Å². The lowest BCUT2D eigenvalue weighted by Gasteiger charge is -2.15. The first-order chi connectivity index (χ1) is 16.8. The summed E-state index contributed by atoms with van der Waals surface area (Å²) in [5.74, 6) is 0.676. The molecule has 0 radical (unpaired) electrons. The van der Waals surface area contributed by atoms with Crippen molar-refractivity contribution in [3.8, 4) is 11.5 Å². The van der Waals surface area contributed by atoms with Crippen molar-refractivity contribution in [1.82, 2.24) is 4.90 Å². The summed E-state index contributed by atoms with van der Waals surface area (Å²) in [7, 11) is 0. The maximum absolute atomic E-state index is 13.2. The molecule has 0 unspecified atom stereocenters. The summed E-state index contributed by atoms with van der Waals surface area (Å²) in [6, 6.07) is 17.9. The van der Waals surface area contributed by atoms with E-state index >= 15 is 0 Å². The van der Waals surface area contributed by atoms with Gasteiger partial charge in [0.15, 0.2) is 11.5 Å². The first kappa shape index (κ1) is 25.4. The second-order valence-electron chi connectivity index (χ2n) is 7.93. The largest absolute Gasteiger partial charge is 0.490 e. The van der Waals surface area contributed by atoms with E-state index in [1.165, 1.54) is 29.5 Å². The zero-order valence-electron chi connectivity index (χ0n) is 19.2. The highest BCUT2D eigenvalue weighted by Crippen LogP contribution is 2.40. The number of thiocarbonyl (C=S) groups is 1. The molecule has 180 valence electrons. The Hall–Kier alpha value is -2.68. The van der Waals surface area contributed by atoms with Crippen molar-refractivity contribution in [2.75, 3.05) is 6.61 Å². The Kier molecular flexibility index (Phi) is 8.26. The summed E-state index contributed by atoms with van der Waals surface area (Å²) in [5.41, 5.74) is 3.81. The van der Waals surface area contributed by atoms with Gasteiger partial charge in [0.25, 0.3) is 5.91 Å². The predicted molar refractivity (Wildman–Crippen MR) is 146 cm³/mol. The Morgan fingerprint density at radius 2 is 1.74 bits per heavy atom. The lowest BCUT2D eigenvalue weighted by atomic mass is 10.1. The molecule has 1 saturated heterocycles. The molecule has 4 rings (SSSR count). The standard InChI is InChI=1S/C27H23BrFNO3S2/c1-3-32-23-13-20(12-22(28)25(23)33-16-19-8-10-21(29)11-9-19)14-24-26(31)30(27(34)35-24)15-18-6-4-17(2)5-7-18/h4-14H,3,15-16H2,1-2H3/b24-14-. The number of hydrogen-bond acceptors (Lipinski definition) is 5. The molecule has 0 spiro atoms. The number of hydrogen-bond donors (Lipinski definition) is 0. The van der Waals surface area contributed by atoms with E-state index in [9.17, 15) is 9.18 Å². The number of halogens is 2. The molecule has 4 nitrogen and oxygen atoms in total. The Balaban J connectivity index is 1.54. The van der Waals surface area contributed by atoms with E-state index in [0.29, 0.717) is 38.3 Å². The zero-order chi connectivity index (χ0) is 24.9. The van der Waals surface area contributed by atoms with E-state index in [4.69, 9.17) is 21.7 Å². The lowest BCUT2D eigenvalue weighted by Crippen LogP contribution is -2.27. The Morgan fingerprint density at radius 1 is 1.06 bits per heavy atom. The molecule has 3 aromatic rings. The van der Waals surface area contributed by atoms with Gasteiger partial charge in [-0.25, -0.2) is 4.39 Å². The van der Waals surface area contributed by atoms with E-state index in [0.717, 1.165) is 16.7 Å². The SMILES string of the molecule is CCOc1cc(/C=C2\SC(=S)N(Cc3ccc(C)cc3)C2=O)cc(Br)c1OCc1ccc(F)cc1. The zero-order valence-corrected chi connectivity index (χ0v) is 22.4. The van der Waals surface area contributed by atoms with Crippen LogP contribution in [0.1, 0.15) is 29.2 Å². The average molecular weight is 573 g/mol. The molecule has 1 fully saturated rings. The van der Waals surface area contributed by atoms with Crippen molar-refractivity contribution in [3.05, 3.63) is 98.1 Å². The molecule has 3 aromatic carbocycles. The number of carbonyl (C=O) groups excluding carboxylic acids is 1. The van der Waals surface area contributed by atoms with Gasteiger partial charge in [-0.1, -0.05) is 65.9 Å². The van der Waals surface area contributed by atoms with Crippen molar-refractivity contribution in [2.24, 2.45) is 0 Å². The van der Waals surface area contributed by atoms with Crippen molar-refractivity contribution < 1.29 is 18.7 Å². The Bertz CT molecular complexity index is 1280. The number of aryl methyl sites for hydroxylation is 1. The third-order valence-electron chi connectivity index (χ3n) is 5.26. The van der Waals surface area contributed by atoms with E-state index in [-0.39, 0.29) is 18.3 Å². The van der Waals surface area contributed by atoms with Gasteiger partial charge in [-0.15, -0.1) is 0 Å². The molecule has 1 heterocycles. The highest BCUT2D eigenvalue weighted by atomic mass is 79.9. The van der Waals surface area contributed by atoms with Gasteiger partial charge < -0.3 is 9.47 Å². The molecule has 1 aliphatic rings. The van der Waals surface area contributed by atoms with Crippen molar-refractivity contribution in [2.45, 2.75) is 27.0 Å². The average Bonchev–Trinajstić information content (AvgIpc) is 3.08. The summed E-state index contributed by atoms with van der Waals surface area (Å²) in [6.45, 7) is 5.06. The fraction of sp³-hybridized carbons (Fsp3) is 0.185. The normalized spacial score (nSPS) is 14.6. The van der Waals surface area contributed by atoms with Crippen LogP contribution < -0.4 is 9.47 Å². The van der Waals surface area contributed by atoms with Crippen LogP contribution in [0.15, 0.2) is 70.0 Å². The molecule has 35 heavy (non-hydrogen) atoms. The fourth-order valence-electron chi connectivity index (χ4n) is 3.47. The van der Waals surface area contributed by atoms with Crippen LogP contribution in [0.3, 0.4) is 0 Å². The van der Waals surface area contributed by atoms with Gasteiger partial charge in [0.2, 0.25) is 0 Å². The molecular formula is C27H23BrFNO3S2. The highest BCUT2D eigenvalue weighted by Gasteiger charge is 2.32. The van der Waals surface area contributed by atoms with E-state index in [2.05, 4.69) is 15.9 Å². The summed E-state index contributed by atoms with van der Waals surface area (Å²) in [6.07, 6.45) is 1.81. The van der Waals surface area contributed by atoms with E-state index < -0.39 is 0 Å². The van der Waals surface area contributed by atoms with Gasteiger partial charge in [0.1, 0.15) is 16.7 Å². The smallest absolute Gasteiger partial charge is 0.266 e. The van der Waals surface area contributed by atoms with Crippen LogP contribution in [0, 0.1) is 12.7 Å². The van der Waals surface area contributed by atoms with Crippen LogP contribution >= 0.6 is 39.9 Å². The van der Waals surface area contributed by atoms with Crippen LogP contribution in [0.2, 0.25) is 0 Å². The quantitative estimate of drug-likeness (QED) is 0.210. The van der Waals surface area contributed by atoms with Crippen molar-refractivity contribution in [1.29, 1.82) is 0 Å². The predicted octanol–water partition coefficient (Wildman–Crippen LogP) is 7.28. The minimum atomic E-state index is -0.293. The molecule has 0 saturated carbocycles. The Morgan fingerprint density at radius 3 is 2.43 bits per heavy atom. The molecule has 0 aromatic heterocycles. The minimum Gasteiger partial charge on any atom is -0.490 e. The summed E-state index contributed by atoms with van der Waals surface area (Å²) in [4.78, 5) is 15.3. The van der Waals surface area contributed by atoms with Crippen LogP contribution in [-0.2, 0) is 17.9 Å². The number of amides is 1. The summed E-state index contributed by atoms with van der Waals surface area (Å²) >= 11 is 10.3. The first-order valence-electron chi connectivity index (χ1n) is 11.0. The maximum atomic E-state index is 13.2. The minimum absolute atomic E-state index is 0.119. The first-order valence-corrected chi connectivity index (χ1v) is 13.0. The third-order valence-corrected chi connectivity index (χ3v) is 7.23. The van der Waals surface area contributed by atoms with Crippen LogP contribution in [0.5, 0.6) is 11.5 Å². The topological polar surface area (TPSA) is 38.8 Å². The van der Waals surface area contributed by atoms with Gasteiger partial charge in [-0.05, 0) is 76.8 Å². The molecule has 0 N–H and O–H groups in total. The third kappa shape index (κ3) is 6.31. The number of thioether (sulfide) groups is 1. The van der Waals surface area contributed by atoms with Crippen LogP contribution in [0.4, 0.5) is 4.39 Å². The second-order valence-corrected chi connectivity index (χ2v) is 10.5. The van der Waals surface area contributed by atoms with Crippen molar-refractivity contribution >= 4 is 56.2 Å². The lowest BCUT2D eigenvalue weighted by molar-refractivity contribution is -0.122. The van der Waals surface area contributed by atoms with Crippen molar-refractivity contribution in [3.63, 3.8) is 0 Å². The highest BCUT2D eigenvalue weighted by molar-refractivity contribution is 9.10. The molecule has 8 heteroatoms. The number of carbonyl (C=O) groups is 1. The van der Waals surface area contributed by atoms with Crippen LogP contribution in [-0.4, -0.2) is 21.7 Å². The molecule has 0 aliphatic carbocycles. The molecule has 1 amide bonds. The molecule has 1 aliphatic heterocycles. The summed E-state index contributed by atoms with van der Waals surface area (Å²) < 4.78 is 26.2. The number of nitrogens with zero attached hydrogens (tertiary/aromatic N) is 1. The van der Waals surface area contributed by atoms with Crippen LogP contribution in [0.25, 0.3) is 6.08 Å². The maximum Gasteiger partial charge on any atom is 0.266 e. The number of ether oxygens (including phenoxy) is 2. The number of rotatable bonds is 8.